The maximum Gasteiger partial charge on any atom is 0.413 e. The van der Waals surface area contributed by atoms with Gasteiger partial charge >= 0.3 is 6.09 Å². The number of ether oxygens (including phenoxy) is 4. The SMILES string of the molecule is CCOC(C(=O)NCc1ccc(C(=N)NC(=O)OCc2ccccc2)cc1)c1c(F)cc(Oc2cccc(OC)c2)cc1F. The van der Waals surface area contributed by atoms with Crippen molar-refractivity contribution in [1.29, 1.82) is 5.41 Å². The van der Waals surface area contributed by atoms with Crippen molar-refractivity contribution in [3.63, 3.8) is 0 Å². The Kier molecular flexibility index (Phi) is 11.0. The summed E-state index contributed by atoms with van der Waals surface area (Å²) in [6, 6.07) is 24.1. The minimum atomic E-state index is -1.55. The quantitative estimate of drug-likeness (QED) is 0.127. The second-order valence-electron chi connectivity index (χ2n) is 9.39. The summed E-state index contributed by atoms with van der Waals surface area (Å²) in [5.41, 5.74) is 1.31. The van der Waals surface area contributed by atoms with Crippen molar-refractivity contribution in [2.75, 3.05) is 13.7 Å². The highest BCUT2D eigenvalue weighted by Crippen LogP contribution is 2.31. The van der Waals surface area contributed by atoms with Crippen molar-refractivity contribution in [2.24, 2.45) is 0 Å². The number of halogens is 2. The third-order valence-electron chi connectivity index (χ3n) is 6.31. The molecule has 4 aromatic carbocycles. The van der Waals surface area contributed by atoms with Crippen molar-refractivity contribution in [1.82, 2.24) is 10.6 Å². The van der Waals surface area contributed by atoms with Crippen LogP contribution in [0.5, 0.6) is 17.2 Å². The average Bonchev–Trinajstić information content (AvgIpc) is 3.02. The Balaban J connectivity index is 1.35. The van der Waals surface area contributed by atoms with Gasteiger partial charge in [0.15, 0.2) is 6.10 Å². The van der Waals surface area contributed by atoms with E-state index in [-0.39, 0.29) is 31.3 Å². The van der Waals surface area contributed by atoms with E-state index in [1.54, 1.807) is 55.5 Å². The van der Waals surface area contributed by atoms with Crippen LogP contribution in [0.3, 0.4) is 0 Å². The van der Waals surface area contributed by atoms with Gasteiger partial charge in [-0.15, -0.1) is 0 Å². The third-order valence-corrected chi connectivity index (χ3v) is 6.31. The molecule has 4 aromatic rings. The van der Waals surface area contributed by atoms with E-state index in [0.717, 1.165) is 17.7 Å². The van der Waals surface area contributed by atoms with Gasteiger partial charge in [0.1, 0.15) is 41.3 Å². The lowest BCUT2D eigenvalue weighted by molar-refractivity contribution is -0.133. The van der Waals surface area contributed by atoms with Crippen LogP contribution in [-0.2, 0) is 27.4 Å². The first-order valence-corrected chi connectivity index (χ1v) is 13.6. The van der Waals surface area contributed by atoms with E-state index >= 15 is 8.78 Å². The molecule has 9 nitrogen and oxygen atoms in total. The first-order valence-electron chi connectivity index (χ1n) is 13.6. The number of amidine groups is 1. The molecular formula is C33H31F2N3O6. The van der Waals surface area contributed by atoms with Crippen molar-refractivity contribution in [3.05, 3.63) is 125 Å². The molecule has 228 valence electrons. The van der Waals surface area contributed by atoms with Gasteiger partial charge in [-0.05, 0) is 30.2 Å². The molecule has 0 aliphatic rings. The average molecular weight is 604 g/mol. The van der Waals surface area contributed by atoms with Gasteiger partial charge < -0.3 is 24.3 Å². The highest BCUT2D eigenvalue weighted by atomic mass is 19.1. The minimum absolute atomic E-state index is 0.0167. The first-order chi connectivity index (χ1) is 21.3. The van der Waals surface area contributed by atoms with Gasteiger partial charge in [-0.2, -0.15) is 0 Å². The number of hydrogen-bond acceptors (Lipinski definition) is 7. The van der Waals surface area contributed by atoms with Crippen LogP contribution in [0.15, 0.2) is 91.0 Å². The summed E-state index contributed by atoms with van der Waals surface area (Å²) in [5.74, 6) is -2.20. The maximum absolute atomic E-state index is 15.1. The van der Waals surface area contributed by atoms with Gasteiger partial charge in [0.25, 0.3) is 5.91 Å². The predicted octanol–water partition coefficient (Wildman–Crippen LogP) is 6.41. The lowest BCUT2D eigenvalue weighted by atomic mass is 10.1. The number of benzene rings is 4. The molecule has 1 atom stereocenters. The molecule has 0 heterocycles. The van der Waals surface area contributed by atoms with Crippen molar-refractivity contribution < 1.29 is 37.3 Å². The van der Waals surface area contributed by atoms with Gasteiger partial charge in [-0.3, -0.25) is 15.5 Å². The van der Waals surface area contributed by atoms with Crippen molar-refractivity contribution in [2.45, 2.75) is 26.2 Å². The maximum atomic E-state index is 15.1. The number of alkyl carbamates (subject to hydrolysis) is 1. The van der Waals surface area contributed by atoms with Crippen LogP contribution >= 0.6 is 0 Å². The van der Waals surface area contributed by atoms with Crippen LogP contribution in [0, 0.1) is 17.0 Å². The lowest BCUT2D eigenvalue weighted by Gasteiger charge is -2.19. The molecule has 0 aliphatic heterocycles. The Hall–Kier alpha value is -5.29. The molecule has 2 amide bonds. The minimum Gasteiger partial charge on any atom is -0.497 e. The van der Waals surface area contributed by atoms with E-state index in [0.29, 0.717) is 22.6 Å². The van der Waals surface area contributed by atoms with Gasteiger partial charge in [-0.25, -0.2) is 13.6 Å². The molecule has 0 saturated heterocycles. The van der Waals surface area contributed by atoms with Gasteiger partial charge in [0.2, 0.25) is 0 Å². The number of methoxy groups -OCH3 is 1. The standard InChI is InChI=1S/C33H31F2N3O6/c1-3-42-30(29-27(34)17-26(18-28(29)35)44-25-11-7-10-24(16-25)41-2)32(39)37-19-21-12-14-23(15-13-21)31(36)38-33(40)43-20-22-8-5-4-6-9-22/h4-18,30H,3,19-20H2,1-2H3,(H,37,39)(H2,36,38,40). The summed E-state index contributed by atoms with van der Waals surface area (Å²) in [7, 11) is 1.49. The Bertz CT molecular complexity index is 1580. The predicted molar refractivity (Wildman–Crippen MR) is 159 cm³/mol. The van der Waals surface area contributed by atoms with Gasteiger partial charge in [0.05, 0.1) is 12.7 Å². The van der Waals surface area contributed by atoms with Crippen LogP contribution in [0.2, 0.25) is 0 Å². The normalized spacial score (nSPS) is 11.3. The van der Waals surface area contributed by atoms with Crippen LogP contribution < -0.4 is 20.1 Å². The zero-order valence-electron chi connectivity index (χ0n) is 24.1. The van der Waals surface area contributed by atoms with Crippen LogP contribution in [-0.4, -0.2) is 31.6 Å². The Morgan fingerprint density at radius 2 is 1.52 bits per heavy atom. The molecule has 0 radical (unpaired) electrons. The summed E-state index contributed by atoms with van der Waals surface area (Å²) in [5, 5.41) is 13.1. The molecule has 0 aliphatic carbocycles. The Labute approximate surface area is 253 Å². The topological polar surface area (TPSA) is 119 Å². The highest BCUT2D eigenvalue weighted by molar-refractivity contribution is 6.04. The number of carbonyl (C=O) groups is 2. The number of rotatable bonds is 12. The second kappa shape index (κ2) is 15.3. The fraction of sp³-hybridized carbons (Fsp3) is 0.182. The van der Waals surface area contributed by atoms with E-state index in [1.807, 2.05) is 30.3 Å². The van der Waals surface area contributed by atoms with Crippen molar-refractivity contribution >= 4 is 17.8 Å². The van der Waals surface area contributed by atoms with E-state index in [9.17, 15) is 9.59 Å². The molecule has 0 spiro atoms. The van der Waals surface area contributed by atoms with E-state index in [2.05, 4.69) is 10.6 Å². The Morgan fingerprint density at radius 3 is 2.18 bits per heavy atom. The third kappa shape index (κ3) is 8.62. The first kappa shape index (κ1) is 31.6. The van der Waals surface area contributed by atoms with E-state index < -0.39 is 35.3 Å². The molecule has 1 unspecified atom stereocenters. The molecule has 0 saturated carbocycles. The summed E-state index contributed by atoms with van der Waals surface area (Å²) < 4.78 is 51.5. The fourth-order valence-electron chi connectivity index (χ4n) is 4.13. The molecule has 0 bridgehead atoms. The summed E-state index contributed by atoms with van der Waals surface area (Å²) in [6.45, 7) is 1.71. The summed E-state index contributed by atoms with van der Waals surface area (Å²) >= 11 is 0. The smallest absolute Gasteiger partial charge is 0.413 e. The van der Waals surface area contributed by atoms with Gasteiger partial charge in [0, 0.05) is 36.9 Å². The number of nitrogens with one attached hydrogen (secondary N) is 3. The number of amides is 2. The molecule has 0 fully saturated rings. The van der Waals surface area contributed by atoms with Crippen LogP contribution in [0.4, 0.5) is 13.6 Å². The van der Waals surface area contributed by atoms with E-state index in [4.69, 9.17) is 24.4 Å². The summed E-state index contributed by atoms with van der Waals surface area (Å²) in [6.07, 6.45) is -2.32. The zero-order chi connectivity index (χ0) is 31.5. The second-order valence-corrected chi connectivity index (χ2v) is 9.39. The number of hydrogen-bond donors (Lipinski definition) is 3. The monoisotopic (exact) mass is 603 g/mol. The molecule has 4 rings (SSSR count). The molecule has 11 heteroatoms. The molecule has 0 aromatic heterocycles. The summed E-state index contributed by atoms with van der Waals surface area (Å²) in [4.78, 5) is 25.1. The largest absolute Gasteiger partial charge is 0.497 e. The van der Waals surface area contributed by atoms with E-state index in [1.165, 1.54) is 7.11 Å². The van der Waals surface area contributed by atoms with Gasteiger partial charge in [-0.1, -0.05) is 60.7 Å². The lowest BCUT2D eigenvalue weighted by Crippen LogP contribution is -2.32. The Morgan fingerprint density at radius 1 is 0.841 bits per heavy atom. The highest BCUT2D eigenvalue weighted by Gasteiger charge is 2.28. The molecule has 3 N–H and O–H groups in total. The number of carbonyl (C=O) groups excluding carboxylic acids is 2. The molecular weight excluding hydrogens is 572 g/mol. The molecule has 44 heavy (non-hydrogen) atoms. The zero-order valence-corrected chi connectivity index (χ0v) is 24.1. The van der Waals surface area contributed by atoms with Crippen LogP contribution in [0.1, 0.15) is 35.3 Å². The van der Waals surface area contributed by atoms with Crippen molar-refractivity contribution in [3.8, 4) is 17.2 Å². The van der Waals surface area contributed by atoms with Crippen LogP contribution in [0.25, 0.3) is 0 Å². The fourth-order valence-corrected chi connectivity index (χ4v) is 4.13.